The van der Waals surface area contributed by atoms with Crippen molar-refractivity contribution in [2.45, 2.75) is 31.7 Å². The molecule has 0 aliphatic carbocycles. The van der Waals surface area contributed by atoms with Crippen molar-refractivity contribution in [1.29, 1.82) is 0 Å². The molecule has 2 heterocycles. The Morgan fingerprint density at radius 1 is 1.26 bits per heavy atom. The van der Waals surface area contributed by atoms with Crippen LogP contribution in [0.1, 0.15) is 30.1 Å². The first-order chi connectivity index (χ1) is 15.2. The minimum absolute atomic E-state index is 0.121. The molecule has 1 aliphatic rings. The second-order valence-corrected chi connectivity index (χ2v) is 7.41. The van der Waals surface area contributed by atoms with Crippen LogP contribution in [0, 0.1) is 0 Å². The number of rotatable bonds is 8. The fraction of sp³-hybridized carbons (Fsp3) is 0.391. The molecular formula is C23H27N3O5. The number of carbonyl (C=O) groups excluding carboxylic acids is 1. The molecule has 8 heteroatoms. The number of imidazole rings is 1. The maximum absolute atomic E-state index is 11.7. The van der Waals surface area contributed by atoms with Crippen LogP contribution >= 0.6 is 0 Å². The Kier molecular flexibility index (Phi) is 7.01. The lowest BCUT2D eigenvalue weighted by Crippen LogP contribution is -2.32. The number of benzene rings is 2. The molecule has 2 aromatic carbocycles. The van der Waals surface area contributed by atoms with E-state index in [2.05, 4.69) is 39.6 Å². The summed E-state index contributed by atoms with van der Waals surface area (Å²) in [6, 6.07) is 12.4. The third-order valence-electron chi connectivity index (χ3n) is 5.31. The quantitative estimate of drug-likeness (QED) is 0.534. The van der Waals surface area contributed by atoms with Crippen LogP contribution in [0.3, 0.4) is 0 Å². The lowest BCUT2D eigenvalue weighted by molar-refractivity contribution is -0.189. The van der Waals surface area contributed by atoms with Gasteiger partial charge in [-0.3, -0.25) is 0 Å². The first-order valence-electron chi connectivity index (χ1n) is 10.4. The molecule has 0 radical (unpaired) electrons. The van der Waals surface area contributed by atoms with Crippen molar-refractivity contribution in [3.8, 4) is 5.75 Å². The molecule has 1 aromatic heterocycles. The maximum Gasteiger partial charge on any atom is 0.407 e. The first kappa shape index (κ1) is 21.1. The highest BCUT2D eigenvalue weighted by Gasteiger charge is 2.24. The predicted octanol–water partition coefficient (Wildman–Crippen LogP) is 3.73. The molecule has 0 unspecified atom stereocenters. The van der Waals surface area contributed by atoms with E-state index in [1.807, 2.05) is 12.1 Å². The highest BCUT2D eigenvalue weighted by atomic mass is 16.7. The van der Waals surface area contributed by atoms with Crippen LogP contribution < -0.4 is 10.1 Å². The number of ether oxygens (including phenoxy) is 4. The van der Waals surface area contributed by atoms with Crippen molar-refractivity contribution in [3.63, 3.8) is 0 Å². The molecule has 164 valence electrons. The molecule has 31 heavy (non-hydrogen) atoms. The number of carbonyl (C=O) groups is 1. The zero-order valence-corrected chi connectivity index (χ0v) is 17.5. The van der Waals surface area contributed by atoms with Gasteiger partial charge in [-0.15, -0.1) is 0 Å². The normalized spacial score (nSPS) is 18.6. The summed E-state index contributed by atoms with van der Waals surface area (Å²) in [7, 11) is 1.67. The summed E-state index contributed by atoms with van der Waals surface area (Å²) in [5.41, 5.74) is 1.22. The van der Waals surface area contributed by atoms with Crippen molar-refractivity contribution in [3.05, 3.63) is 60.2 Å². The smallest absolute Gasteiger partial charge is 0.407 e. The van der Waals surface area contributed by atoms with E-state index in [-0.39, 0.29) is 18.8 Å². The molecule has 0 bridgehead atoms. The average molecular weight is 425 g/mol. The van der Waals surface area contributed by atoms with E-state index in [1.165, 1.54) is 10.9 Å². The predicted molar refractivity (Wildman–Crippen MR) is 115 cm³/mol. The summed E-state index contributed by atoms with van der Waals surface area (Å²) in [4.78, 5) is 18.6. The summed E-state index contributed by atoms with van der Waals surface area (Å²) < 4.78 is 22.3. The van der Waals surface area contributed by atoms with Gasteiger partial charge >= 0.3 is 6.09 Å². The maximum atomic E-state index is 11.7. The van der Waals surface area contributed by atoms with Crippen LogP contribution in [0.5, 0.6) is 5.75 Å². The molecule has 1 saturated heterocycles. The molecular weight excluding hydrogens is 398 g/mol. The molecule has 1 fully saturated rings. The van der Waals surface area contributed by atoms with Crippen LogP contribution in [0.15, 0.2) is 48.8 Å². The van der Waals surface area contributed by atoms with Gasteiger partial charge in [0.15, 0.2) is 12.9 Å². The summed E-state index contributed by atoms with van der Waals surface area (Å²) in [6.45, 7) is 1.83. The summed E-state index contributed by atoms with van der Waals surface area (Å²) in [5, 5.41) is 5.06. The molecule has 0 atom stereocenters. The minimum atomic E-state index is -0.463. The number of aromatic nitrogens is 2. The van der Waals surface area contributed by atoms with E-state index in [0.717, 1.165) is 17.6 Å². The summed E-state index contributed by atoms with van der Waals surface area (Å²) in [5.74, 6) is 1.64. The van der Waals surface area contributed by atoms with Crippen LogP contribution in [0.25, 0.3) is 10.8 Å². The molecule has 1 aliphatic heterocycles. The number of nitrogens with zero attached hydrogens (tertiary/aromatic N) is 1. The number of hydrogen-bond acceptors (Lipinski definition) is 6. The molecule has 3 aromatic rings. The number of nitrogens with one attached hydrogen (secondary N) is 2. The van der Waals surface area contributed by atoms with Crippen molar-refractivity contribution in [1.82, 2.24) is 15.3 Å². The van der Waals surface area contributed by atoms with Gasteiger partial charge in [0.05, 0.1) is 20.3 Å². The Balaban J connectivity index is 1.19. The Morgan fingerprint density at radius 3 is 2.90 bits per heavy atom. The van der Waals surface area contributed by atoms with Gasteiger partial charge in [0.25, 0.3) is 0 Å². The first-order valence-corrected chi connectivity index (χ1v) is 10.4. The van der Waals surface area contributed by atoms with Gasteiger partial charge < -0.3 is 29.2 Å². The fourth-order valence-corrected chi connectivity index (χ4v) is 3.68. The Bertz CT molecular complexity index is 984. The zero-order valence-electron chi connectivity index (χ0n) is 17.5. The van der Waals surface area contributed by atoms with E-state index < -0.39 is 6.09 Å². The van der Waals surface area contributed by atoms with E-state index in [1.54, 1.807) is 19.5 Å². The Labute approximate surface area is 180 Å². The zero-order chi connectivity index (χ0) is 21.5. The van der Waals surface area contributed by atoms with Crippen molar-refractivity contribution >= 4 is 16.9 Å². The van der Waals surface area contributed by atoms with Crippen molar-refractivity contribution < 1.29 is 23.7 Å². The van der Waals surface area contributed by atoms with Gasteiger partial charge in [-0.05, 0) is 34.9 Å². The van der Waals surface area contributed by atoms with E-state index in [9.17, 15) is 4.79 Å². The molecule has 4 rings (SSSR count). The van der Waals surface area contributed by atoms with E-state index in [0.29, 0.717) is 32.0 Å². The van der Waals surface area contributed by atoms with Crippen LogP contribution in [0.4, 0.5) is 4.79 Å². The van der Waals surface area contributed by atoms with Gasteiger partial charge in [-0.25, -0.2) is 9.78 Å². The monoisotopic (exact) mass is 425 g/mol. The largest absolute Gasteiger partial charge is 0.497 e. The number of amides is 1. The standard InChI is InChI=1S/C23H27N3O5/c1-28-18-7-8-20-16(12-18)4-2-5-19(20)17-13-29-22(30-14-17)6-3-9-26-23(27)31-15-21-24-10-11-25-21/h2,4-5,7-8,10-12,17,22H,3,6,9,13-15H2,1H3,(H,24,25)(H,26,27)/t17-,22-. The SMILES string of the molecule is COc1ccc2c(cccc2[C@H]2CO[C@H](CCCNC(=O)OCc3ncc[nH]3)OC2)c1. The highest BCUT2D eigenvalue weighted by molar-refractivity contribution is 5.87. The van der Waals surface area contributed by atoms with Gasteiger partial charge in [0.1, 0.15) is 11.6 Å². The average Bonchev–Trinajstić information content (AvgIpc) is 3.34. The molecule has 0 saturated carbocycles. The number of alkyl carbamates (subject to hydrolysis) is 1. The van der Waals surface area contributed by atoms with Gasteiger partial charge in [-0.1, -0.05) is 24.3 Å². The lowest BCUT2D eigenvalue weighted by Gasteiger charge is -2.30. The van der Waals surface area contributed by atoms with Gasteiger partial charge in [0, 0.05) is 31.3 Å². The van der Waals surface area contributed by atoms with Crippen molar-refractivity contribution in [2.75, 3.05) is 26.9 Å². The number of fused-ring (bicyclic) bond motifs is 1. The molecule has 2 N–H and O–H groups in total. The van der Waals surface area contributed by atoms with Crippen LogP contribution in [-0.4, -0.2) is 49.2 Å². The molecule has 8 nitrogen and oxygen atoms in total. The third-order valence-corrected chi connectivity index (χ3v) is 5.31. The Hall–Kier alpha value is -3.10. The van der Waals surface area contributed by atoms with Gasteiger partial charge in [-0.2, -0.15) is 0 Å². The van der Waals surface area contributed by atoms with Crippen LogP contribution in [-0.2, 0) is 20.8 Å². The van der Waals surface area contributed by atoms with Crippen molar-refractivity contribution in [2.24, 2.45) is 0 Å². The topological polar surface area (TPSA) is 94.7 Å². The second kappa shape index (κ2) is 10.3. The third kappa shape index (κ3) is 5.53. The highest BCUT2D eigenvalue weighted by Crippen LogP contribution is 2.31. The summed E-state index contributed by atoms with van der Waals surface area (Å²) in [6.07, 6.45) is 4.02. The Morgan fingerprint density at radius 2 is 2.13 bits per heavy atom. The number of hydrogen-bond donors (Lipinski definition) is 2. The van der Waals surface area contributed by atoms with E-state index in [4.69, 9.17) is 18.9 Å². The number of H-pyrrole nitrogens is 1. The summed E-state index contributed by atoms with van der Waals surface area (Å²) >= 11 is 0. The molecule has 1 amide bonds. The second-order valence-electron chi connectivity index (χ2n) is 7.41. The lowest BCUT2D eigenvalue weighted by atomic mass is 9.94. The number of methoxy groups -OCH3 is 1. The fourth-order valence-electron chi connectivity index (χ4n) is 3.68. The van der Waals surface area contributed by atoms with Gasteiger partial charge in [0.2, 0.25) is 0 Å². The molecule has 0 spiro atoms. The number of aromatic amines is 1. The van der Waals surface area contributed by atoms with E-state index >= 15 is 0 Å². The van der Waals surface area contributed by atoms with Crippen LogP contribution in [0.2, 0.25) is 0 Å². The minimum Gasteiger partial charge on any atom is -0.497 e.